The van der Waals surface area contributed by atoms with Gasteiger partial charge in [-0.15, -0.1) is 0 Å². The van der Waals surface area contributed by atoms with Crippen LogP contribution in [0.3, 0.4) is 0 Å². The van der Waals surface area contributed by atoms with Gasteiger partial charge in [0.2, 0.25) is 0 Å². The molecule has 358 valence electrons. The van der Waals surface area contributed by atoms with E-state index in [0.717, 1.165) is 88.8 Å². The van der Waals surface area contributed by atoms with Crippen molar-refractivity contribution in [1.82, 2.24) is 18.9 Å². The van der Waals surface area contributed by atoms with Crippen molar-refractivity contribution in [2.24, 2.45) is 14.1 Å². The molecule has 9 nitrogen and oxygen atoms in total. The fourth-order valence-corrected chi connectivity index (χ4v) is 9.23. The number of unbranched alkanes of at least 4 members (excludes halogenated alkanes) is 1. The average Bonchev–Trinajstić information content (AvgIpc) is 3.80. The molecule has 0 saturated carbocycles. The number of hydrogen-bond donors (Lipinski definition) is 1. The molecular formula is C59H73N5O4. The van der Waals surface area contributed by atoms with Crippen LogP contribution in [0.1, 0.15) is 127 Å². The van der Waals surface area contributed by atoms with E-state index in [1.165, 1.54) is 35.1 Å². The first-order chi connectivity index (χ1) is 32.1. The number of rotatable bonds is 13. The fourth-order valence-electron chi connectivity index (χ4n) is 9.23. The predicted molar refractivity (Wildman–Crippen MR) is 281 cm³/mol. The van der Waals surface area contributed by atoms with Gasteiger partial charge in [0.15, 0.2) is 0 Å². The molecule has 0 aliphatic carbocycles. The van der Waals surface area contributed by atoms with Gasteiger partial charge in [-0.1, -0.05) is 90.6 Å². The molecule has 8 rings (SSSR count). The number of anilines is 2. The lowest BCUT2D eigenvalue weighted by Gasteiger charge is -2.36. The van der Waals surface area contributed by atoms with E-state index in [-0.39, 0.29) is 31.0 Å². The van der Waals surface area contributed by atoms with Gasteiger partial charge < -0.3 is 28.8 Å². The number of hydrogen-bond acceptors (Lipinski definition) is 5. The molecule has 2 aliphatic rings. The zero-order chi connectivity index (χ0) is 48.1. The van der Waals surface area contributed by atoms with Crippen LogP contribution in [-0.2, 0) is 46.4 Å². The van der Waals surface area contributed by atoms with Crippen molar-refractivity contribution in [3.05, 3.63) is 172 Å². The van der Waals surface area contributed by atoms with Crippen LogP contribution in [0, 0.1) is 13.8 Å². The second-order valence-electron chi connectivity index (χ2n) is 18.4. The standard InChI is InChI=1S/C54H59N5O4.C4H10.CH4/c1-10-25-63-46-21-15-39(16-22-46)26-35(4)57-24-23-41-28-48(49(29-43(41)32-57)53(61)58-33-42-14-12-11-13-40(42)27-36(58)5)52-30-47(37(6)55(52)8)54(62)59(44-17-19-45(60)20-18-44)51-31-50(34(2)3)56(9)38(51)7;1-3-4-2;/h11-22,28-31,36,60H,2,4,10,23-27,32-33H2,1,3,5-9H3;3-4H2,1-2H3;1H4. The Morgan fingerprint density at radius 3 is 2.09 bits per heavy atom. The fraction of sp³-hybridized carbons (Fsp3) is 0.356. The number of phenols is 1. The molecule has 0 fully saturated rings. The zero-order valence-electron chi connectivity index (χ0n) is 41.2. The molecule has 0 radical (unpaired) electrons. The molecule has 1 N–H and O–H groups in total. The number of carbonyl (C=O) groups excluding carboxylic acids is 2. The Bertz CT molecular complexity index is 2770. The van der Waals surface area contributed by atoms with Gasteiger partial charge in [-0.05, 0) is 141 Å². The van der Waals surface area contributed by atoms with Crippen LogP contribution >= 0.6 is 0 Å². The minimum atomic E-state index is -0.216. The van der Waals surface area contributed by atoms with E-state index in [1.54, 1.807) is 29.2 Å². The minimum absolute atomic E-state index is 0. The SMILES string of the molecule is C.C=C(C)c1cc(N(C(=O)c2cc(-c3cc4c(cc3C(=O)N3Cc5ccccc5CC3C)CN(C(=C)Cc3ccc(OCCC)cc3)CC4)n(C)c2C)c2ccc(O)cc2)c(C)n1C.CCCC. The van der Waals surface area contributed by atoms with Crippen molar-refractivity contribution >= 4 is 28.8 Å². The maximum Gasteiger partial charge on any atom is 0.264 e. The topological polar surface area (TPSA) is 83.2 Å². The summed E-state index contributed by atoms with van der Waals surface area (Å²) in [5, 5.41) is 10.2. The second-order valence-corrected chi connectivity index (χ2v) is 18.4. The molecule has 0 saturated heterocycles. The summed E-state index contributed by atoms with van der Waals surface area (Å²) >= 11 is 0. The number of allylic oxidation sites excluding steroid dienone is 2. The second kappa shape index (κ2) is 21.9. The summed E-state index contributed by atoms with van der Waals surface area (Å²) in [6.07, 6.45) is 5.89. The smallest absolute Gasteiger partial charge is 0.264 e. The molecule has 9 heteroatoms. The molecule has 4 aromatic carbocycles. The van der Waals surface area contributed by atoms with E-state index in [1.807, 2.05) is 79.2 Å². The van der Waals surface area contributed by atoms with Crippen molar-refractivity contribution in [3.63, 3.8) is 0 Å². The van der Waals surface area contributed by atoms with Gasteiger partial charge in [-0.25, -0.2) is 0 Å². The highest BCUT2D eigenvalue weighted by Gasteiger charge is 2.33. The van der Waals surface area contributed by atoms with Gasteiger partial charge in [-0.3, -0.25) is 14.5 Å². The molecule has 2 amide bonds. The highest BCUT2D eigenvalue weighted by Crippen LogP contribution is 2.39. The van der Waals surface area contributed by atoms with Crippen molar-refractivity contribution in [3.8, 4) is 22.8 Å². The van der Waals surface area contributed by atoms with E-state index < -0.39 is 0 Å². The molecule has 68 heavy (non-hydrogen) atoms. The molecule has 0 bridgehead atoms. The molecule has 0 spiro atoms. The van der Waals surface area contributed by atoms with Crippen molar-refractivity contribution < 1.29 is 19.4 Å². The summed E-state index contributed by atoms with van der Waals surface area (Å²) in [6, 6.07) is 31.6. The third kappa shape index (κ3) is 10.5. The number of amides is 2. The van der Waals surface area contributed by atoms with Crippen LogP contribution in [0.4, 0.5) is 11.4 Å². The first-order valence-corrected chi connectivity index (χ1v) is 24.0. The number of phenolic OH excluding ortho intramolecular Hbond substituents is 1. The van der Waals surface area contributed by atoms with E-state index in [9.17, 15) is 5.11 Å². The number of benzene rings is 4. The number of aromatic hydroxyl groups is 1. The number of nitrogens with zero attached hydrogens (tertiary/aromatic N) is 5. The van der Waals surface area contributed by atoms with Crippen LogP contribution < -0.4 is 9.64 Å². The summed E-state index contributed by atoms with van der Waals surface area (Å²) in [5.41, 5.74) is 14.5. The normalized spacial score (nSPS) is 13.9. The lowest BCUT2D eigenvalue weighted by atomic mass is 9.89. The Labute approximate surface area is 406 Å². The molecule has 6 aromatic rings. The van der Waals surface area contributed by atoms with E-state index in [2.05, 4.69) is 88.2 Å². The van der Waals surface area contributed by atoms with E-state index >= 15 is 9.59 Å². The van der Waals surface area contributed by atoms with Gasteiger partial charge in [0, 0.05) is 91.5 Å². The van der Waals surface area contributed by atoms with Crippen LogP contribution in [-0.4, -0.2) is 55.0 Å². The highest BCUT2D eigenvalue weighted by molar-refractivity contribution is 6.13. The lowest BCUT2D eigenvalue weighted by Crippen LogP contribution is -2.43. The highest BCUT2D eigenvalue weighted by atomic mass is 16.5. The van der Waals surface area contributed by atoms with Gasteiger partial charge in [0.1, 0.15) is 11.5 Å². The first kappa shape index (κ1) is 50.7. The quantitative estimate of drug-likeness (QED) is 0.125. The Morgan fingerprint density at radius 2 is 1.46 bits per heavy atom. The van der Waals surface area contributed by atoms with Gasteiger partial charge in [-0.2, -0.15) is 0 Å². The van der Waals surface area contributed by atoms with Crippen molar-refractivity contribution in [1.29, 1.82) is 0 Å². The molecule has 1 unspecified atom stereocenters. The van der Waals surface area contributed by atoms with Crippen LogP contribution in [0.15, 0.2) is 116 Å². The molecule has 1 atom stereocenters. The predicted octanol–water partition coefficient (Wildman–Crippen LogP) is 13.3. The molecule has 2 aromatic heterocycles. The number of carbonyl (C=O) groups is 2. The summed E-state index contributed by atoms with van der Waals surface area (Å²) in [4.78, 5) is 36.4. The molecular weight excluding hydrogens is 843 g/mol. The Morgan fingerprint density at radius 1 is 0.779 bits per heavy atom. The van der Waals surface area contributed by atoms with Gasteiger partial charge in [0.25, 0.3) is 11.8 Å². The largest absolute Gasteiger partial charge is 0.508 e. The van der Waals surface area contributed by atoms with E-state index in [0.29, 0.717) is 36.5 Å². The monoisotopic (exact) mass is 916 g/mol. The first-order valence-electron chi connectivity index (χ1n) is 24.0. The number of ether oxygens (including phenoxy) is 1. The van der Waals surface area contributed by atoms with Gasteiger partial charge >= 0.3 is 0 Å². The Kier molecular flexibility index (Phi) is 16.3. The Hall–Kier alpha value is -6.74. The summed E-state index contributed by atoms with van der Waals surface area (Å²) in [6.45, 7) is 25.9. The molecule has 4 heterocycles. The summed E-state index contributed by atoms with van der Waals surface area (Å²) in [5.74, 6) is 0.746. The van der Waals surface area contributed by atoms with Crippen LogP contribution in [0.5, 0.6) is 11.5 Å². The third-order valence-electron chi connectivity index (χ3n) is 13.6. The maximum absolute atomic E-state index is 15.2. The molecule has 2 aliphatic heterocycles. The average molecular weight is 916 g/mol. The van der Waals surface area contributed by atoms with Crippen molar-refractivity contribution in [2.45, 2.75) is 114 Å². The van der Waals surface area contributed by atoms with E-state index in [4.69, 9.17) is 4.74 Å². The number of fused-ring (bicyclic) bond motifs is 2. The number of aromatic nitrogens is 2. The van der Waals surface area contributed by atoms with Crippen molar-refractivity contribution in [2.75, 3.05) is 18.1 Å². The summed E-state index contributed by atoms with van der Waals surface area (Å²) < 4.78 is 9.90. The third-order valence-corrected chi connectivity index (χ3v) is 13.6. The zero-order valence-corrected chi connectivity index (χ0v) is 41.2. The minimum Gasteiger partial charge on any atom is -0.508 e. The van der Waals surface area contributed by atoms with Crippen LogP contribution in [0.25, 0.3) is 16.8 Å². The Balaban J connectivity index is 0.00000146. The van der Waals surface area contributed by atoms with Gasteiger partial charge in [0.05, 0.1) is 17.9 Å². The lowest BCUT2D eigenvalue weighted by molar-refractivity contribution is 0.0658. The summed E-state index contributed by atoms with van der Waals surface area (Å²) in [7, 11) is 3.95. The maximum atomic E-state index is 15.2. The van der Waals surface area contributed by atoms with Crippen LogP contribution in [0.2, 0.25) is 0 Å².